The molecule has 0 saturated carbocycles. The maximum Gasteiger partial charge on any atom is 0.275 e. The van der Waals surface area contributed by atoms with Crippen molar-refractivity contribution in [2.75, 3.05) is 11.6 Å². The van der Waals surface area contributed by atoms with Crippen molar-refractivity contribution in [1.29, 1.82) is 0 Å². The first-order valence-corrected chi connectivity index (χ1v) is 8.33. The fourth-order valence-corrected chi connectivity index (χ4v) is 2.76. The lowest BCUT2D eigenvalue weighted by molar-refractivity contribution is 0.0974. The quantitative estimate of drug-likeness (QED) is 0.838. The van der Waals surface area contributed by atoms with E-state index in [4.69, 9.17) is 5.73 Å². The van der Waals surface area contributed by atoms with Gasteiger partial charge in [-0.3, -0.25) is 14.6 Å². The number of carbonyl (C=O) groups is 2. The largest absolute Gasteiger partial charge is 0.366 e. The normalized spacial score (nSPS) is 11.0. The summed E-state index contributed by atoms with van der Waals surface area (Å²) in [5, 5.41) is 2.18. The van der Waals surface area contributed by atoms with Crippen LogP contribution in [0.5, 0.6) is 0 Å². The van der Waals surface area contributed by atoms with Crippen molar-refractivity contribution in [3.8, 4) is 0 Å². The van der Waals surface area contributed by atoms with Crippen LogP contribution in [0.2, 0.25) is 0 Å². The highest BCUT2D eigenvalue weighted by Crippen LogP contribution is 2.23. The second-order valence-electron chi connectivity index (χ2n) is 4.80. The molecular formula is C14H14N4O4S. The second-order valence-corrected chi connectivity index (χ2v) is 6.73. The number of carbonyl (C=O) groups excluding carboxylic acids is 2. The molecule has 0 radical (unpaired) electrons. The van der Waals surface area contributed by atoms with Gasteiger partial charge in [0.2, 0.25) is 0 Å². The Morgan fingerprint density at radius 1 is 1.17 bits per heavy atom. The molecule has 0 aliphatic carbocycles. The molecule has 0 aliphatic rings. The third-order valence-electron chi connectivity index (χ3n) is 3.00. The molecule has 0 fully saturated rings. The lowest BCUT2D eigenvalue weighted by atomic mass is 10.1. The van der Waals surface area contributed by atoms with Crippen molar-refractivity contribution >= 4 is 27.3 Å². The van der Waals surface area contributed by atoms with E-state index in [-0.39, 0.29) is 22.0 Å². The number of aryl methyl sites for hydroxylation is 1. The number of nitrogens with two attached hydrogens (primary N) is 1. The number of sulfone groups is 1. The van der Waals surface area contributed by atoms with Crippen LogP contribution in [-0.4, -0.2) is 36.5 Å². The van der Waals surface area contributed by atoms with Crippen LogP contribution in [0.1, 0.15) is 26.4 Å². The first-order chi connectivity index (χ1) is 10.7. The maximum atomic E-state index is 12.4. The third kappa shape index (κ3) is 3.51. The van der Waals surface area contributed by atoms with Gasteiger partial charge in [0.05, 0.1) is 11.3 Å². The van der Waals surface area contributed by atoms with Gasteiger partial charge in [0.15, 0.2) is 14.9 Å². The number of pyridine rings is 2. The summed E-state index contributed by atoms with van der Waals surface area (Å²) in [6.07, 6.45) is 3.64. The summed E-state index contributed by atoms with van der Waals surface area (Å²) in [6.45, 7) is 1.62. The van der Waals surface area contributed by atoms with Gasteiger partial charge in [-0.1, -0.05) is 0 Å². The highest BCUT2D eigenvalue weighted by atomic mass is 32.2. The number of hydrogen-bond acceptors (Lipinski definition) is 6. The molecule has 0 bridgehead atoms. The first kappa shape index (κ1) is 16.6. The molecule has 0 spiro atoms. The first-order valence-electron chi connectivity index (χ1n) is 6.43. The van der Waals surface area contributed by atoms with Crippen LogP contribution in [0, 0.1) is 6.92 Å². The number of amides is 2. The highest BCUT2D eigenvalue weighted by molar-refractivity contribution is 7.90. The smallest absolute Gasteiger partial charge is 0.275 e. The zero-order chi connectivity index (χ0) is 17.2. The molecule has 2 aromatic heterocycles. The Bertz CT molecular complexity index is 893. The molecule has 2 aromatic rings. The lowest BCUT2D eigenvalue weighted by Crippen LogP contribution is -2.23. The topological polar surface area (TPSA) is 132 Å². The standard InChI is InChI=1S/C14H14N4O4S/c1-8-5-7-17-14(23(2,21)22)10(8)18-13(20)11-9(12(15)19)4-3-6-16-11/h3-7H,1-2H3,(H2,15,19)(H,18,20). The van der Waals surface area contributed by atoms with Crippen LogP contribution >= 0.6 is 0 Å². The molecule has 0 saturated heterocycles. The summed E-state index contributed by atoms with van der Waals surface area (Å²) in [5.41, 5.74) is 5.50. The number of nitrogens with zero attached hydrogens (tertiary/aromatic N) is 2. The summed E-state index contributed by atoms with van der Waals surface area (Å²) >= 11 is 0. The van der Waals surface area contributed by atoms with Gasteiger partial charge in [0, 0.05) is 18.6 Å². The Hall–Kier alpha value is -2.81. The van der Waals surface area contributed by atoms with Crippen LogP contribution < -0.4 is 11.1 Å². The molecule has 9 heteroatoms. The van der Waals surface area contributed by atoms with Crippen molar-refractivity contribution in [3.05, 3.63) is 47.4 Å². The third-order valence-corrected chi connectivity index (χ3v) is 4.01. The highest BCUT2D eigenvalue weighted by Gasteiger charge is 2.22. The van der Waals surface area contributed by atoms with Gasteiger partial charge < -0.3 is 11.1 Å². The van der Waals surface area contributed by atoms with E-state index in [1.54, 1.807) is 13.0 Å². The van der Waals surface area contributed by atoms with E-state index in [0.29, 0.717) is 5.56 Å². The van der Waals surface area contributed by atoms with E-state index in [1.807, 2.05) is 0 Å². The minimum atomic E-state index is -3.65. The molecule has 0 unspecified atom stereocenters. The Morgan fingerprint density at radius 2 is 1.87 bits per heavy atom. The second kappa shape index (κ2) is 6.13. The Morgan fingerprint density at radius 3 is 2.48 bits per heavy atom. The van der Waals surface area contributed by atoms with Crippen molar-refractivity contribution < 1.29 is 18.0 Å². The molecule has 3 N–H and O–H groups in total. The van der Waals surface area contributed by atoms with E-state index in [9.17, 15) is 18.0 Å². The number of rotatable bonds is 4. The van der Waals surface area contributed by atoms with Crippen LogP contribution in [0.15, 0.2) is 35.6 Å². The minimum Gasteiger partial charge on any atom is -0.366 e. The van der Waals surface area contributed by atoms with Crippen molar-refractivity contribution in [3.63, 3.8) is 0 Å². The molecule has 2 rings (SSSR count). The SMILES string of the molecule is Cc1ccnc(S(C)(=O)=O)c1NC(=O)c1ncccc1C(N)=O. The van der Waals surface area contributed by atoms with E-state index in [0.717, 1.165) is 6.26 Å². The van der Waals surface area contributed by atoms with Gasteiger partial charge in [0.1, 0.15) is 5.69 Å². The molecule has 0 aliphatic heterocycles. The van der Waals surface area contributed by atoms with E-state index >= 15 is 0 Å². The van der Waals surface area contributed by atoms with Gasteiger partial charge in [-0.15, -0.1) is 0 Å². The minimum absolute atomic E-state index is 0.0427. The lowest BCUT2D eigenvalue weighted by Gasteiger charge is -2.12. The Balaban J connectivity index is 2.49. The number of nitrogens with one attached hydrogen (secondary N) is 1. The molecule has 2 amide bonds. The zero-order valence-corrected chi connectivity index (χ0v) is 13.2. The number of anilines is 1. The molecule has 120 valence electrons. The summed E-state index contributed by atoms with van der Waals surface area (Å²) < 4.78 is 23.6. The van der Waals surface area contributed by atoms with Gasteiger partial charge in [-0.05, 0) is 30.7 Å². The predicted octanol–water partition coefficient (Wildman–Crippen LogP) is 0.540. The van der Waals surface area contributed by atoms with Crippen LogP contribution in [0.4, 0.5) is 5.69 Å². The van der Waals surface area contributed by atoms with Crippen molar-refractivity contribution in [2.45, 2.75) is 11.9 Å². The number of aromatic nitrogens is 2. The molecule has 0 atom stereocenters. The average Bonchev–Trinajstić information content (AvgIpc) is 2.48. The fraction of sp³-hybridized carbons (Fsp3) is 0.143. The summed E-state index contributed by atoms with van der Waals surface area (Å²) in [5.74, 6) is -1.56. The Kier molecular flexibility index (Phi) is 4.41. The summed E-state index contributed by atoms with van der Waals surface area (Å²) in [7, 11) is -3.65. The van der Waals surface area contributed by atoms with E-state index in [1.165, 1.54) is 24.5 Å². The van der Waals surface area contributed by atoms with Crippen LogP contribution in [0.25, 0.3) is 0 Å². The van der Waals surface area contributed by atoms with Crippen molar-refractivity contribution in [1.82, 2.24) is 9.97 Å². The van der Waals surface area contributed by atoms with E-state index < -0.39 is 21.7 Å². The molecule has 8 nitrogen and oxygen atoms in total. The van der Waals surface area contributed by atoms with Gasteiger partial charge in [-0.25, -0.2) is 13.4 Å². The van der Waals surface area contributed by atoms with E-state index in [2.05, 4.69) is 15.3 Å². The van der Waals surface area contributed by atoms with Gasteiger partial charge in [0.25, 0.3) is 11.8 Å². The van der Waals surface area contributed by atoms with Crippen LogP contribution in [0.3, 0.4) is 0 Å². The fourth-order valence-electron chi connectivity index (χ4n) is 1.92. The Labute approximate surface area is 132 Å². The number of hydrogen-bond donors (Lipinski definition) is 2. The molecule has 0 aromatic carbocycles. The predicted molar refractivity (Wildman–Crippen MR) is 82.8 cm³/mol. The number of primary amides is 1. The van der Waals surface area contributed by atoms with Crippen LogP contribution in [-0.2, 0) is 9.84 Å². The van der Waals surface area contributed by atoms with Gasteiger partial charge >= 0.3 is 0 Å². The average molecular weight is 334 g/mol. The monoisotopic (exact) mass is 334 g/mol. The maximum absolute atomic E-state index is 12.4. The zero-order valence-electron chi connectivity index (χ0n) is 12.4. The van der Waals surface area contributed by atoms with Crippen molar-refractivity contribution in [2.24, 2.45) is 5.73 Å². The summed E-state index contributed by atoms with van der Waals surface area (Å²) in [6, 6.07) is 4.38. The summed E-state index contributed by atoms with van der Waals surface area (Å²) in [4.78, 5) is 31.4. The van der Waals surface area contributed by atoms with Gasteiger partial charge in [-0.2, -0.15) is 0 Å². The molecule has 23 heavy (non-hydrogen) atoms. The molecular weight excluding hydrogens is 320 g/mol. The molecule has 2 heterocycles.